The average molecular weight is 426 g/mol. The van der Waals surface area contributed by atoms with Crippen molar-refractivity contribution in [3.05, 3.63) is 71.8 Å². The van der Waals surface area contributed by atoms with Gasteiger partial charge in [-0.3, -0.25) is 0 Å². The van der Waals surface area contributed by atoms with Crippen molar-refractivity contribution in [1.82, 2.24) is 9.97 Å². The summed E-state index contributed by atoms with van der Waals surface area (Å²) in [6.07, 6.45) is 0. The first-order valence-electron chi connectivity index (χ1n) is 8.53. The van der Waals surface area contributed by atoms with Crippen molar-refractivity contribution in [3.8, 4) is 11.5 Å². The van der Waals surface area contributed by atoms with Gasteiger partial charge in [0.15, 0.2) is 11.2 Å². The highest BCUT2D eigenvalue weighted by atomic mass is 35.5. The summed E-state index contributed by atoms with van der Waals surface area (Å²) in [5, 5.41) is 0.481. The first-order valence-corrected chi connectivity index (χ1v) is 10.4. The minimum absolute atomic E-state index is 0.0534. The van der Waals surface area contributed by atoms with Crippen molar-refractivity contribution in [2.24, 2.45) is 0 Å². The number of halogens is 1. The second-order valence-corrected chi connectivity index (χ2v) is 8.37. The second kappa shape index (κ2) is 6.61. The van der Waals surface area contributed by atoms with Gasteiger partial charge < -0.3 is 8.83 Å². The van der Waals surface area contributed by atoms with Crippen LogP contribution in [0.2, 0.25) is 5.02 Å². The third kappa shape index (κ3) is 3.32. The number of benzene rings is 3. The van der Waals surface area contributed by atoms with E-state index in [0.29, 0.717) is 33.2 Å². The van der Waals surface area contributed by atoms with Gasteiger partial charge >= 0.3 is 6.01 Å². The minimum atomic E-state index is -3.88. The summed E-state index contributed by atoms with van der Waals surface area (Å²) in [6, 6.07) is 18.3. The van der Waals surface area contributed by atoms with Crippen molar-refractivity contribution in [1.29, 1.82) is 0 Å². The lowest BCUT2D eigenvalue weighted by Gasteiger charge is -2.04. The molecule has 3 aromatic carbocycles. The predicted octanol–water partition coefficient (Wildman–Crippen LogP) is 5.09. The Hall–Kier alpha value is -3.36. The Labute approximate surface area is 170 Å². The fraction of sp³-hybridized carbons (Fsp3) is 0. The summed E-state index contributed by atoms with van der Waals surface area (Å²) < 4.78 is 38.8. The molecule has 0 aliphatic heterocycles. The number of sulfonamides is 1. The fourth-order valence-corrected chi connectivity index (χ4v) is 3.99. The highest BCUT2D eigenvalue weighted by Gasteiger charge is 2.18. The van der Waals surface area contributed by atoms with E-state index in [9.17, 15) is 8.42 Å². The molecule has 29 heavy (non-hydrogen) atoms. The molecule has 2 aromatic heterocycles. The van der Waals surface area contributed by atoms with Gasteiger partial charge in [-0.25, -0.2) is 18.1 Å². The standard InChI is InChI=1S/C20H12ClN3O4S/c21-13-7-10-18-16(11-13)23-20(28-18)24-29(25,26)14-8-5-12(6-9-14)19-22-15-3-1-2-4-17(15)27-19/h1-11H,(H,23,24). The smallest absolute Gasteiger partial charge is 0.309 e. The number of oxazole rings is 2. The van der Waals surface area contributed by atoms with E-state index in [4.69, 9.17) is 20.4 Å². The number of nitrogens with one attached hydrogen (secondary N) is 1. The van der Waals surface area contributed by atoms with Crippen molar-refractivity contribution in [2.75, 3.05) is 4.72 Å². The highest BCUT2D eigenvalue weighted by molar-refractivity contribution is 7.92. The molecular weight excluding hydrogens is 414 g/mol. The molecule has 0 atom stereocenters. The normalized spacial score (nSPS) is 11.9. The zero-order valence-corrected chi connectivity index (χ0v) is 16.2. The van der Waals surface area contributed by atoms with Crippen molar-refractivity contribution >= 4 is 49.8 Å². The Morgan fingerprint density at radius 3 is 2.38 bits per heavy atom. The SMILES string of the molecule is O=S(=O)(Nc1nc2cc(Cl)ccc2o1)c1ccc(-c2nc3ccccc3o2)cc1. The van der Waals surface area contributed by atoms with Crippen molar-refractivity contribution < 1.29 is 17.3 Å². The number of hydrogen-bond donors (Lipinski definition) is 1. The summed E-state index contributed by atoms with van der Waals surface area (Å²) in [5.41, 5.74) is 2.95. The van der Waals surface area contributed by atoms with Crippen LogP contribution in [-0.4, -0.2) is 18.4 Å². The third-order valence-corrected chi connectivity index (χ3v) is 5.85. The first-order chi connectivity index (χ1) is 14.0. The molecule has 0 amide bonds. The third-order valence-electron chi connectivity index (χ3n) is 4.28. The molecule has 0 unspecified atom stereocenters. The molecule has 7 nitrogen and oxygen atoms in total. The van der Waals surface area contributed by atoms with Gasteiger partial charge in [-0.1, -0.05) is 23.7 Å². The van der Waals surface area contributed by atoms with E-state index in [1.54, 1.807) is 30.3 Å². The van der Waals surface area contributed by atoms with Gasteiger partial charge in [0.05, 0.1) is 4.90 Å². The second-order valence-electron chi connectivity index (χ2n) is 6.25. The lowest BCUT2D eigenvalue weighted by Crippen LogP contribution is -2.13. The van der Waals surface area contributed by atoms with E-state index in [-0.39, 0.29) is 10.9 Å². The number of para-hydroxylation sites is 2. The van der Waals surface area contributed by atoms with Gasteiger partial charge in [-0.15, -0.1) is 0 Å². The molecule has 1 N–H and O–H groups in total. The first kappa shape index (κ1) is 17.7. The van der Waals surface area contributed by atoms with Crippen LogP contribution in [0.25, 0.3) is 33.7 Å². The Balaban J connectivity index is 1.43. The van der Waals surface area contributed by atoms with Gasteiger partial charge in [0, 0.05) is 10.6 Å². The van der Waals surface area contributed by atoms with E-state index in [1.807, 2.05) is 24.3 Å². The van der Waals surface area contributed by atoms with Crippen LogP contribution in [0.5, 0.6) is 0 Å². The van der Waals surface area contributed by atoms with E-state index < -0.39 is 10.0 Å². The number of aromatic nitrogens is 2. The van der Waals surface area contributed by atoms with Gasteiger partial charge in [0.1, 0.15) is 11.0 Å². The Bertz CT molecular complexity index is 1420. The lowest BCUT2D eigenvalue weighted by molar-refractivity contribution is 0.591. The van der Waals surface area contributed by atoms with Crippen LogP contribution < -0.4 is 4.72 Å². The monoisotopic (exact) mass is 425 g/mol. The van der Waals surface area contributed by atoms with Crippen LogP contribution in [0.4, 0.5) is 6.01 Å². The summed E-state index contributed by atoms with van der Waals surface area (Å²) in [7, 11) is -3.88. The van der Waals surface area contributed by atoms with Crippen LogP contribution in [0.1, 0.15) is 0 Å². The minimum Gasteiger partial charge on any atom is -0.436 e. The summed E-state index contributed by atoms with van der Waals surface area (Å²) in [6.45, 7) is 0. The van der Waals surface area contributed by atoms with E-state index in [1.165, 1.54) is 12.1 Å². The Morgan fingerprint density at radius 1 is 0.828 bits per heavy atom. The Kier molecular flexibility index (Phi) is 4.04. The molecule has 0 saturated heterocycles. The maximum Gasteiger partial charge on any atom is 0.309 e. The van der Waals surface area contributed by atoms with Crippen molar-refractivity contribution in [2.45, 2.75) is 4.90 Å². The van der Waals surface area contributed by atoms with Crippen LogP contribution in [0.3, 0.4) is 0 Å². The van der Waals surface area contributed by atoms with Crippen LogP contribution in [0.15, 0.2) is 80.5 Å². The lowest BCUT2D eigenvalue weighted by atomic mass is 10.2. The number of hydrogen-bond acceptors (Lipinski definition) is 6. The van der Waals surface area contributed by atoms with Crippen molar-refractivity contribution in [3.63, 3.8) is 0 Å². The maximum atomic E-state index is 12.7. The number of fused-ring (bicyclic) bond motifs is 2. The average Bonchev–Trinajstić information content (AvgIpc) is 3.30. The fourth-order valence-electron chi connectivity index (χ4n) is 2.89. The van der Waals surface area contributed by atoms with E-state index in [0.717, 1.165) is 5.52 Å². The number of rotatable bonds is 4. The predicted molar refractivity (Wildman–Crippen MR) is 109 cm³/mol. The highest BCUT2D eigenvalue weighted by Crippen LogP contribution is 2.27. The van der Waals surface area contributed by atoms with Gasteiger partial charge in [0.2, 0.25) is 5.89 Å². The molecule has 0 radical (unpaired) electrons. The largest absolute Gasteiger partial charge is 0.436 e. The number of anilines is 1. The summed E-state index contributed by atoms with van der Waals surface area (Å²) in [5.74, 6) is 0.416. The molecule has 0 aliphatic rings. The van der Waals surface area contributed by atoms with Crippen LogP contribution in [-0.2, 0) is 10.0 Å². The Morgan fingerprint density at radius 2 is 1.59 bits per heavy atom. The molecule has 5 rings (SSSR count). The molecule has 9 heteroatoms. The number of nitrogens with zero attached hydrogens (tertiary/aromatic N) is 2. The summed E-state index contributed by atoms with van der Waals surface area (Å²) >= 11 is 5.91. The molecule has 144 valence electrons. The maximum absolute atomic E-state index is 12.7. The molecule has 0 fully saturated rings. The van der Waals surface area contributed by atoms with E-state index in [2.05, 4.69) is 14.7 Å². The summed E-state index contributed by atoms with van der Waals surface area (Å²) in [4.78, 5) is 8.57. The van der Waals surface area contributed by atoms with Crippen LogP contribution >= 0.6 is 11.6 Å². The molecule has 0 saturated carbocycles. The topological polar surface area (TPSA) is 98.2 Å². The molecule has 5 aromatic rings. The van der Waals surface area contributed by atoms with E-state index >= 15 is 0 Å². The molecule has 2 heterocycles. The van der Waals surface area contributed by atoms with Crippen LogP contribution in [0, 0.1) is 0 Å². The molecule has 0 aliphatic carbocycles. The zero-order valence-electron chi connectivity index (χ0n) is 14.7. The molecular formula is C20H12ClN3O4S. The molecule has 0 spiro atoms. The zero-order chi connectivity index (χ0) is 20.0. The van der Waals surface area contributed by atoms with Gasteiger partial charge in [-0.05, 0) is 54.6 Å². The van der Waals surface area contributed by atoms with Gasteiger partial charge in [-0.2, -0.15) is 4.98 Å². The quantitative estimate of drug-likeness (QED) is 0.430. The van der Waals surface area contributed by atoms with Gasteiger partial charge in [0.25, 0.3) is 10.0 Å². The molecule has 0 bridgehead atoms.